The van der Waals surface area contributed by atoms with Crippen molar-refractivity contribution in [2.75, 3.05) is 0 Å². The predicted octanol–water partition coefficient (Wildman–Crippen LogP) is 4.30. The van der Waals surface area contributed by atoms with Crippen molar-refractivity contribution in [2.24, 2.45) is 17.3 Å². The molecule has 2 rings (SSSR count). The van der Waals surface area contributed by atoms with E-state index in [1.54, 1.807) is 11.3 Å². The van der Waals surface area contributed by atoms with Crippen LogP contribution in [0.1, 0.15) is 56.5 Å². The van der Waals surface area contributed by atoms with Gasteiger partial charge in [-0.25, -0.2) is 4.98 Å². The highest BCUT2D eigenvalue weighted by Crippen LogP contribution is 2.44. The van der Waals surface area contributed by atoms with E-state index in [-0.39, 0.29) is 0 Å². The van der Waals surface area contributed by atoms with Crippen molar-refractivity contribution in [2.45, 2.75) is 59.3 Å². The summed E-state index contributed by atoms with van der Waals surface area (Å²) in [5, 5.41) is 9.70. The van der Waals surface area contributed by atoms with Crippen LogP contribution < -0.4 is 0 Å². The molecule has 1 aliphatic carbocycles. The first kappa shape index (κ1) is 15.5. The van der Waals surface area contributed by atoms with Crippen molar-refractivity contribution in [3.05, 3.63) is 16.1 Å². The first-order valence-corrected chi connectivity index (χ1v) is 8.45. The second kappa shape index (κ2) is 6.25. The number of carboxylic acid groups (broad SMARTS) is 1. The second-order valence-electron chi connectivity index (χ2n) is 6.53. The maximum Gasteiger partial charge on any atom is 0.309 e. The van der Waals surface area contributed by atoms with Gasteiger partial charge in [-0.3, -0.25) is 4.79 Å². The quantitative estimate of drug-likeness (QED) is 0.881. The Bertz CT molecular complexity index is 459. The molecule has 0 unspecified atom stereocenters. The zero-order valence-corrected chi connectivity index (χ0v) is 13.5. The van der Waals surface area contributed by atoms with Crippen molar-refractivity contribution in [3.63, 3.8) is 0 Å². The average molecular weight is 295 g/mol. The van der Waals surface area contributed by atoms with E-state index in [1.165, 1.54) is 4.88 Å². The van der Waals surface area contributed by atoms with Crippen LogP contribution in [0.15, 0.2) is 5.51 Å². The third kappa shape index (κ3) is 3.22. The lowest BCUT2D eigenvalue weighted by atomic mass is 9.66. The third-order valence-electron chi connectivity index (χ3n) is 5.06. The van der Waals surface area contributed by atoms with Gasteiger partial charge in [-0.15, -0.1) is 11.3 Å². The highest BCUT2D eigenvalue weighted by atomic mass is 32.1. The van der Waals surface area contributed by atoms with Gasteiger partial charge in [-0.1, -0.05) is 13.8 Å². The second-order valence-corrected chi connectivity index (χ2v) is 7.47. The van der Waals surface area contributed by atoms with Crippen LogP contribution in [0.4, 0.5) is 0 Å². The summed E-state index contributed by atoms with van der Waals surface area (Å²) in [4.78, 5) is 17.3. The lowest BCUT2D eigenvalue weighted by molar-refractivity contribution is -0.152. The summed E-state index contributed by atoms with van der Waals surface area (Å²) in [5.41, 5.74) is 2.42. The van der Waals surface area contributed by atoms with E-state index in [0.717, 1.165) is 44.2 Å². The largest absolute Gasteiger partial charge is 0.481 e. The molecule has 0 aliphatic heterocycles. The maximum absolute atomic E-state index is 11.8. The number of hydrogen-bond acceptors (Lipinski definition) is 3. The molecule has 0 spiro atoms. The van der Waals surface area contributed by atoms with Crippen LogP contribution in [0.25, 0.3) is 0 Å². The van der Waals surface area contributed by atoms with Gasteiger partial charge in [0.15, 0.2) is 0 Å². The van der Waals surface area contributed by atoms with Crippen LogP contribution >= 0.6 is 11.3 Å². The number of aromatic nitrogens is 1. The average Bonchev–Trinajstić information content (AvgIpc) is 2.82. The first-order valence-electron chi connectivity index (χ1n) is 7.57. The number of aryl methyl sites for hydroxylation is 2. The Morgan fingerprint density at radius 1 is 1.50 bits per heavy atom. The number of nitrogens with zero attached hydrogens (tertiary/aromatic N) is 1. The van der Waals surface area contributed by atoms with Crippen molar-refractivity contribution >= 4 is 17.3 Å². The van der Waals surface area contributed by atoms with E-state index in [9.17, 15) is 9.90 Å². The van der Waals surface area contributed by atoms with Gasteiger partial charge < -0.3 is 5.11 Å². The summed E-state index contributed by atoms with van der Waals surface area (Å²) in [6.07, 6.45) is 5.41. The van der Waals surface area contributed by atoms with E-state index in [2.05, 4.69) is 18.8 Å². The summed E-state index contributed by atoms with van der Waals surface area (Å²) in [6.45, 7) is 6.51. The van der Waals surface area contributed by atoms with E-state index in [1.807, 2.05) is 12.4 Å². The highest BCUT2D eigenvalue weighted by Gasteiger charge is 2.42. The van der Waals surface area contributed by atoms with Gasteiger partial charge in [-0.05, 0) is 57.3 Å². The fourth-order valence-corrected chi connectivity index (χ4v) is 4.13. The van der Waals surface area contributed by atoms with E-state index < -0.39 is 11.4 Å². The van der Waals surface area contributed by atoms with Crippen molar-refractivity contribution in [1.82, 2.24) is 4.98 Å². The summed E-state index contributed by atoms with van der Waals surface area (Å²) in [6, 6.07) is 0. The highest BCUT2D eigenvalue weighted by molar-refractivity contribution is 7.09. The van der Waals surface area contributed by atoms with Crippen LogP contribution in [-0.4, -0.2) is 16.1 Å². The molecule has 0 amide bonds. The van der Waals surface area contributed by atoms with E-state index >= 15 is 0 Å². The SMILES string of the molecule is Cc1ncsc1CCC1(C(=O)O)CCC(C(C)C)CC1. The van der Waals surface area contributed by atoms with Crippen LogP contribution in [0.5, 0.6) is 0 Å². The number of rotatable bonds is 5. The van der Waals surface area contributed by atoms with Gasteiger partial charge in [-0.2, -0.15) is 0 Å². The fourth-order valence-electron chi connectivity index (χ4n) is 3.35. The molecule has 0 aromatic carbocycles. The summed E-state index contributed by atoms with van der Waals surface area (Å²) in [5.74, 6) is 0.778. The minimum absolute atomic E-state index is 0.498. The molecule has 1 aromatic rings. The molecule has 1 aliphatic rings. The van der Waals surface area contributed by atoms with E-state index in [0.29, 0.717) is 11.8 Å². The van der Waals surface area contributed by atoms with Gasteiger partial charge in [0, 0.05) is 4.88 Å². The Balaban J connectivity index is 2.01. The molecule has 0 bridgehead atoms. The minimum Gasteiger partial charge on any atom is -0.481 e. The maximum atomic E-state index is 11.8. The van der Waals surface area contributed by atoms with Crippen LogP contribution in [0.3, 0.4) is 0 Å². The Morgan fingerprint density at radius 2 is 2.15 bits per heavy atom. The smallest absolute Gasteiger partial charge is 0.309 e. The number of aliphatic carboxylic acids is 1. The van der Waals surface area contributed by atoms with Crippen molar-refractivity contribution < 1.29 is 9.90 Å². The van der Waals surface area contributed by atoms with Gasteiger partial charge in [0.2, 0.25) is 0 Å². The standard InChI is InChI=1S/C16H25NO2S/c1-11(2)13-4-7-16(8-5-13,15(18)19)9-6-14-12(3)17-10-20-14/h10-11,13H,4-9H2,1-3H3,(H,18,19). The molecular weight excluding hydrogens is 270 g/mol. The van der Waals surface area contributed by atoms with Gasteiger partial charge in [0.25, 0.3) is 0 Å². The first-order chi connectivity index (χ1) is 9.44. The minimum atomic E-state index is -0.595. The molecule has 112 valence electrons. The van der Waals surface area contributed by atoms with Gasteiger partial charge in [0.05, 0.1) is 16.6 Å². The molecule has 1 aromatic heterocycles. The molecule has 20 heavy (non-hydrogen) atoms. The van der Waals surface area contributed by atoms with Crippen LogP contribution in [-0.2, 0) is 11.2 Å². The Hall–Kier alpha value is -0.900. The Labute approximate surface area is 125 Å². The fraction of sp³-hybridized carbons (Fsp3) is 0.750. The molecule has 0 atom stereocenters. The Kier molecular flexibility index (Phi) is 4.84. The molecular formula is C16H25NO2S. The van der Waals surface area contributed by atoms with Gasteiger partial charge >= 0.3 is 5.97 Å². The monoisotopic (exact) mass is 295 g/mol. The summed E-state index contributed by atoms with van der Waals surface area (Å²) >= 11 is 1.65. The predicted molar refractivity (Wildman–Crippen MR) is 82.0 cm³/mol. The molecule has 0 radical (unpaired) electrons. The number of thiazole rings is 1. The topological polar surface area (TPSA) is 50.2 Å². The van der Waals surface area contributed by atoms with Crippen molar-refractivity contribution in [3.8, 4) is 0 Å². The lowest BCUT2D eigenvalue weighted by Gasteiger charge is -2.38. The molecule has 0 saturated heterocycles. The van der Waals surface area contributed by atoms with Crippen molar-refractivity contribution in [1.29, 1.82) is 0 Å². The molecule has 1 heterocycles. The number of carbonyl (C=O) groups is 1. The van der Waals surface area contributed by atoms with Crippen LogP contribution in [0.2, 0.25) is 0 Å². The summed E-state index contributed by atoms with van der Waals surface area (Å²) in [7, 11) is 0. The molecule has 1 N–H and O–H groups in total. The normalized spacial score (nSPS) is 26.9. The lowest BCUT2D eigenvalue weighted by Crippen LogP contribution is -2.36. The molecule has 3 nitrogen and oxygen atoms in total. The molecule has 1 saturated carbocycles. The van der Waals surface area contributed by atoms with E-state index in [4.69, 9.17) is 0 Å². The Morgan fingerprint density at radius 3 is 2.60 bits per heavy atom. The zero-order valence-electron chi connectivity index (χ0n) is 12.7. The molecule has 4 heteroatoms. The number of carboxylic acids is 1. The third-order valence-corrected chi connectivity index (χ3v) is 6.05. The molecule has 1 fully saturated rings. The summed E-state index contributed by atoms with van der Waals surface area (Å²) < 4.78 is 0. The van der Waals surface area contributed by atoms with Crippen LogP contribution in [0, 0.1) is 24.2 Å². The zero-order chi connectivity index (χ0) is 14.8. The van der Waals surface area contributed by atoms with Gasteiger partial charge in [0.1, 0.15) is 0 Å². The number of hydrogen-bond donors (Lipinski definition) is 1.